The van der Waals surface area contributed by atoms with E-state index in [2.05, 4.69) is 27.9 Å². The van der Waals surface area contributed by atoms with Gasteiger partial charge in [0.15, 0.2) is 0 Å². The minimum absolute atomic E-state index is 0.387. The fraction of sp³-hybridized carbons (Fsp3) is 0.400. The molecule has 4 heteroatoms. The summed E-state index contributed by atoms with van der Waals surface area (Å²) in [6.45, 7) is 0. The van der Waals surface area contributed by atoms with Crippen molar-refractivity contribution in [1.29, 1.82) is 0 Å². The van der Waals surface area contributed by atoms with Crippen LogP contribution in [0.5, 0.6) is 0 Å². The Morgan fingerprint density at radius 2 is 2.14 bits per heavy atom. The molecule has 76 valence electrons. The molecular weight excluding hydrogens is 310 g/mol. The molecule has 0 aliphatic heterocycles. The second kappa shape index (κ2) is 4.24. The summed E-state index contributed by atoms with van der Waals surface area (Å²) in [4.78, 5) is 0. The van der Waals surface area contributed by atoms with Crippen molar-refractivity contribution in [2.24, 2.45) is 5.73 Å². The van der Waals surface area contributed by atoms with Crippen molar-refractivity contribution in [3.8, 4) is 0 Å². The highest BCUT2D eigenvalue weighted by Crippen LogP contribution is 2.27. The van der Waals surface area contributed by atoms with Gasteiger partial charge in [0.2, 0.25) is 0 Å². The quantitative estimate of drug-likeness (QED) is 0.822. The smallest absolute Gasteiger partial charge is 0.0479 e. The topological polar surface area (TPSA) is 38.0 Å². The van der Waals surface area contributed by atoms with Gasteiger partial charge in [-0.2, -0.15) is 0 Å². The third kappa shape index (κ3) is 2.32. The molecule has 3 N–H and O–H groups in total. The van der Waals surface area contributed by atoms with E-state index in [0.717, 1.165) is 27.1 Å². The van der Waals surface area contributed by atoms with Crippen molar-refractivity contribution in [2.75, 3.05) is 5.32 Å². The van der Waals surface area contributed by atoms with Crippen LogP contribution < -0.4 is 11.1 Å². The fourth-order valence-corrected chi connectivity index (χ4v) is 2.63. The van der Waals surface area contributed by atoms with Gasteiger partial charge in [0.05, 0.1) is 0 Å². The minimum Gasteiger partial charge on any atom is -0.381 e. The highest BCUT2D eigenvalue weighted by atomic mass is 127. The van der Waals surface area contributed by atoms with Crippen LogP contribution in [0.15, 0.2) is 18.2 Å². The maximum atomic E-state index is 5.87. The van der Waals surface area contributed by atoms with Crippen LogP contribution >= 0.6 is 34.2 Å². The fourth-order valence-electron chi connectivity index (χ4n) is 1.61. The Labute approximate surface area is 102 Å². The maximum Gasteiger partial charge on any atom is 0.0479 e. The van der Waals surface area contributed by atoms with Gasteiger partial charge in [-0.15, -0.1) is 0 Å². The first kappa shape index (κ1) is 10.5. The predicted molar refractivity (Wildman–Crippen MR) is 68.8 cm³/mol. The molecule has 0 heterocycles. The molecule has 1 aromatic rings. The zero-order valence-corrected chi connectivity index (χ0v) is 10.5. The minimum atomic E-state index is 0.387. The largest absolute Gasteiger partial charge is 0.381 e. The second-order valence-electron chi connectivity index (χ2n) is 3.70. The molecule has 0 atom stereocenters. The maximum absolute atomic E-state index is 5.87. The van der Waals surface area contributed by atoms with Gasteiger partial charge in [-0.05, 0) is 53.6 Å². The molecule has 1 saturated carbocycles. The van der Waals surface area contributed by atoms with Gasteiger partial charge in [-0.3, -0.25) is 0 Å². The molecule has 1 fully saturated rings. The summed E-state index contributed by atoms with van der Waals surface area (Å²) in [6, 6.07) is 6.82. The first-order chi connectivity index (χ1) is 6.65. The molecule has 0 unspecified atom stereocenters. The molecule has 1 aliphatic carbocycles. The molecule has 0 aromatic heterocycles. The number of anilines is 1. The predicted octanol–water partition coefficient (Wildman–Crippen LogP) is 2.85. The summed E-state index contributed by atoms with van der Waals surface area (Å²) in [5.41, 5.74) is 6.88. The first-order valence-electron chi connectivity index (χ1n) is 4.62. The van der Waals surface area contributed by atoms with Crippen molar-refractivity contribution in [3.63, 3.8) is 0 Å². The van der Waals surface area contributed by atoms with Gasteiger partial charge in [0.1, 0.15) is 0 Å². The number of rotatable bonds is 2. The van der Waals surface area contributed by atoms with Crippen molar-refractivity contribution in [2.45, 2.75) is 24.9 Å². The average Bonchev–Trinajstić information content (AvgIpc) is 2.06. The van der Waals surface area contributed by atoms with Crippen LogP contribution in [0.25, 0.3) is 0 Å². The van der Waals surface area contributed by atoms with E-state index in [-0.39, 0.29) is 0 Å². The molecule has 0 radical (unpaired) electrons. The van der Waals surface area contributed by atoms with Crippen LogP contribution in [-0.2, 0) is 0 Å². The molecule has 0 saturated heterocycles. The summed E-state index contributed by atoms with van der Waals surface area (Å²) in [6.07, 6.45) is 2.14. The molecular formula is C10H12ClIN2. The lowest BCUT2D eigenvalue weighted by Crippen LogP contribution is -2.44. The monoisotopic (exact) mass is 322 g/mol. The summed E-state index contributed by atoms with van der Waals surface area (Å²) >= 11 is 8.16. The summed E-state index contributed by atoms with van der Waals surface area (Å²) in [5, 5.41) is 4.24. The lowest BCUT2D eigenvalue weighted by Gasteiger charge is -2.34. The summed E-state index contributed by atoms with van der Waals surface area (Å²) in [7, 11) is 0. The van der Waals surface area contributed by atoms with Gasteiger partial charge in [-0.25, -0.2) is 0 Å². The van der Waals surface area contributed by atoms with Crippen molar-refractivity contribution in [1.82, 2.24) is 0 Å². The van der Waals surface area contributed by atoms with Crippen LogP contribution in [0.1, 0.15) is 12.8 Å². The molecule has 0 spiro atoms. The Morgan fingerprint density at radius 1 is 1.43 bits per heavy atom. The zero-order chi connectivity index (χ0) is 10.1. The molecule has 2 rings (SSSR count). The number of hydrogen-bond acceptors (Lipinski definition) is 2. The van der Waals surface area contributed by atoms with Crippen LogP contribution in [0.4, 0.5) is 5.69 Å². The molecule has 14 heavy (non-hydrogen) atoms. The standard InChI is InChI=1S/C10H12ClIN2/c11-6-1-2-10(9(12)3-6)14-8-4-7(13)5-8/h1-3,7-8,14H,4-5,13H2. The third-order valence-corrected chi connectivity index (χ3v) is 3.59. The van der Waals surface area contributed by atoms with E-state index >= 15 is 0 Å². The molecule has 0 amide bonds. The molecule has 2 nitrogen and oxygen atoms in total. The van der Waals surface area contributed by atoms with E-state index < -0.39 is 0 Å². The molecule has 0 bridgehead atoms. The van der Waals surface area contributed by atoms with E-state index in [1.165, 1.54) is 0 Å². The molecule has 1 aliphatic rings. The average molecular weight is 323 g/mol. The summed E-state index contributed by atoms with van der Waals surface area (Å²) in [5.74, 6) is 0. The number of nitrogens with two attached hydrogens (primary N) is 1. The van der Waals surface area contributed by atoms with Gasteiger partial charge in [0.25, 0.3) is 0 Å². The van der Waals surface area contributed by atoms with E-state index in [9.17, 15) is 0 Å². The van der Waals surface area contributed by atoms with Crippen molar-refractivity contribution >= 4 is 39.9 Å². The van der Waals surface area contributed by atoms with Gasteiger partial charge < -0.3 is 11.1 Å². The third-order valence-electron chi connectivity index (χ3n) is 2.47. The van der Waals surface area contributed by atoms with Crippen LogP contribution in [0.2, 0.25) is 5.02 Å². The van der Waals surface area contributed by atoms with Gasteiger partial charge in [-0.1, -0.05) is 11.6 Å². The second-order valence-corrected chi connectivity index (χ2v) is 5.30. The molecule has 1 aromatic carbocycles. The Bertz CT molecular complexity index is 337. The van der Waals surface area contributed by atoms with Gasteiger partial charge in [0, 0.05) is 26.4 Å². The van der Waals surface area contributed by atoms with Crippen LogP contribution in [-0.4, -0.2) is 12.1 Å². The van der Waals surface area contributed by atoms with Crippen molar-refractivity contribution in [3.05, 3.63) is 26.8 Å². The normalized spacial score (nSPS) is 25.6. The number of benzene rings is 1. The number of nitrogens with one attached hydrogen (secondary N) is 1. The first-order valence-corrected chi connectivity index (χ1v) is 6.08. The number of hydrogen-bond donors (Lipinski definition) is 2. The lowest BCUT2D eigenvalue weighted by molar-refractivity contribution is 0.373. The van der Waals surface area contributed by atoms with E-state index in [1.54, 1.807) is 0 Å². The Hall–Kier alpha value is -0.000000000000000111. The van der Waals surface area contributed by atoms with Crippen LogP contribution in [0.3, 0.4) is 0 Å². The summed E-state index contributed by atoms with van der Waals surface area (Å²) < 4.78 is 1.16. The Balaban J connectivity index is 2.02. The van der Waals surface area contributed by atoms with E-state index in [1.807, 2.05) is 18.2 Å². The zero-order valence-electron chi connectivity index (χ0n) is 7.63. The highest BCUT2D eigenvalue weighted by molar-refractivity contribution is 14.1. The van der Waals surface area contributed by atoms with Crippen LogP contribution in [0, 0.1) is 3.57 Å². The SMILES string of the molecule is NC1CC(Nc2ccc(Cl)cc2I)C1. The Kier molecular flexibility index (Phi) is 3.19. The highest BCUT2D eigenvalue weighted by Gasteiger charge is 2.25. The number of halogens is 2. The van der Waals surface area contributed by atoms with E-state index in [0.29, 0.717) is 12.1 Å². The van der Waals surface area contributed by atoms with Gasteiger partial charge >= 0.3 is 0 Å². The van der Waals surface area contributed by atoms with Crippen molar-refractivity contribution < 1.29 is 0 Å². The van der Waals surface area contributed by atoms with E-state index in [4.69, 9.17) is 17.3 Å². The lowest BCUT2D eigenvalue weighted by atomic mass is 9.87. The Morgan fingerprint density at radius 3 is 2.71 bits per heavy atom.